The topological polar surface area (TPSA) is 110 Å². The van der Waals surface area contributed by atoms with Crippen LogP contribution in [0.25, 0.3) is 0 Å². The number of aryl methyl sites for hydroxylation is 1. The third kappa shape index (κ3) is 3.48. The molecular weight excluding hydrogens is 332 g/mol. The second-order valence-electron chi connectivity index (χ2n) is 5.71. The van der Waals surface area contributed by atoms with Gasteiger partial charge in [0.2, 0.25) is 0 Å². The van der Waals surface area contributed by atoms with Crippen LogP contribution in [0.5, 0.6) is 5.75 Å². The van der Waals surface area contributed by atoms with Crippen molar-refractivity contribution >= 4 is 21.4 Å². The van der Waals surface area contributed by atoms with Crippen LogP contribution >= 0.6 is 0 Å². The highest BCUT2D eigenvalue weighted by Crippen LogP contribution is 2.33. The molecule has 0 fully saturated rings. The molecule has 2 N–H and O–H groups in total. The number of phenols is 1. The highest BCUT2D eigenvalue weighted by atomic mass is 32.2. The molecule has 0 spiro atoms. The first-order valence-electron chi connectivity index (χ1n) is 7.23. The molecule has 0 amide bonds. The summed E-state index contributed by atoms with van der Waals surface area (Å²) >= 11 is 0. The van der Waals surface area contributed by atoms with E-state index in [1.807, 2.05) is 13.8 Å². The molecule has 8 heteroatoms. The lowest BCUT2D eigenvalue weighted by molar-refractivity contribution is -0.387. The number of nitro groups is 1. The normalized spacial score (nSPS) is 11.5. The Morgan fingerprint density at radius 1 is 1.21 bits per heavy atom. The van der Waals surface area contributed by atoms with Crippen molar-refractivity contribution in [3.63, 3.8) is 0 Å². The van der Waals surface area contributed by atoms with Gasteiger partial charge in [-0.15, -0.1) is 0 Å². The monoisotopic (exact) mass is 350 g/mol. The minimum absolute atomic E-state index is 0.0140. The zero-order chi connectivity index (χ0) is 18.1. The van der Waals surface area contributed by atoms with Crippen molar-refractivity contribution in [2.45, 2.75) is 31.6 Å². The first-order chi connectivity index (χ1) is 11.1. The van der Waals surface area contributed by atoms with Crippen molar-refractivity contribution in [3.8, 4) is 5.75 Å². The van der Waals surface area contributed by atoms with E-state index < -0.39 is 25.5 Å². The number of benzene rings is 2. The number of hydrogen-bond acceptors (Lipinski definition) is 5. The van der Waals surface area contributed by atoms with Crippen LogP contribution < -0.4 is 4.72 Å². The van der Waals surface area contributed by atoms with E-state index in [9.17, 15) is 23.6 Å². The Hall–Kier alpha value is -2.61. The minimum Gasteiger partial charge on any atom is -0.508 e. The molecule has 0 saturated heterocycles. The molecule has 0 saturated carbocycles. The van der Waals surface area contributed by atoms with Gasteiger partial charge in [-0.3, -0.25) is 14.8 Å². The number of aromatic hydroxyl groups is 1. The Kier molecular flexibility index (Phi) is 4.79. The smallest absolute Gasteiger partial charge is 0.289 e. The molecular formula is C16H18N2O5S. The van der Waals surface area contributed by atoms with Crippen LogP contribution in [-0.2, 0) is 10.0 Å². The van der Waals surface area contributed by atoms with Crippen molar-refractivity contribution in [2.24, 2.45) is 0 Å². The Morgan fingerprint density at radius 2 is 1.83 bits per heavy atom. The fourth-order valence-electron chi connectivity index (χ4n) is 2.32. The van der Waals surface area contributed by atoms with Gasteiger partial charge in [0.05, 0.1) is 10.6 Å². The number of phenolic OH excluding ortho intramolecular Hbond substituents is 1. The summed E-state index contributed by atoms with van der Waals surface area (Å²) in [4.78, 5) is 9.91. The van der Waals surface area contributed by atoms with Crippen LogP contribution in [0.2, 0.25) is 0 Å². The average Bonchev–Trinajstić information content (AvgIpc) is 2.49. The van der Waals surface area contributed by atoms with Gasteiger partial charge in [0.15, 0.2) is 4.90 Å². The molecule has 7 nitrogen and oxygen atoms in total. The Morgan fingerprint density at radius 3 is 2.42 bits per heavy atom. The number of para-hydroxylation sites is 1. The standard InChI is InChI=1S/C16H18N2O5S/c1-10(2)12-9-13(11(3)8-15(12)19)17-24(22,23)16-7-5-4-6-14(16)18(20)21/h4-10,17,19H,1-3H3. The third-order valence-electron chi connectivity index (χ3n) is 3.59. The molecule has 2 rings (SSSR count). The number of sulfonamides is 1. The van der Waals surface area contributed by atoms with Crippen molar-refractivity contribution in [2.75, 3.05) is 4.72 Å². The van der Waals surface area contributed by atoms with Gasteiger partial charge in [-0.05, 0) is 42.2 Å². The SMILES string of the molecule is Cc1cc(O)c(C(C)C)cc1NS(=O)(=O)c1ccccc1[N+](=O)[O-]. The van der Waals surface area contributed by atoms with Crippen molar-refractivity contribution in [3.05, 3.63) is 57.6 Å². The predicted octanol–water partition coefficient (Wildman–Crippen LogP) is 3.53. The number of nitrogens with one attached hydrogen (secondary N) is 1. The van der Waals surface area contributed by atoms with Crippen LogP contribution in [0.15, 0.2) is 41.3 Å². The molecule has 0 radical (unpaired) electrons. The quantitative estimate of drug-likeness (QED) is 0.487. The molecule has 2 aromatic carbocycles. The van der Waals surface area contributed by atoms with Crippen LogP contribution in [0, 0.1) is 17.0 Å². The summed E-state index contributed by atoms with van der Waals surface area (Å²) in [6.45, 7) is 5.37. The van der Waals surface area contributed by atoms with Gasteiger partial charge in [-0.25, -0.2) is 8.42 Å². The van der Waals surface area contributed by atoms with E-state index in [0.717, 1.165) is 6.07 Å². The van der Waals surface area contributed by atoms with Gasteiger partial charge in [0.1, 0.15) is 5.75 Å². The van der Waals surface area contributed by atoms with E-state index in [1.165, 1.54) is 24.3 Å². The van der Waals surface area contributed by atoms with Crippen molar-refractivity contribution < 1.29 is 18.4 Å². The summed E-state index contributed by atoms with van der Waals surface area (Å²) in [7, 11) is -4.14. The summed E-state index contributed by atoms with van der Waals surface area (Å²) in [6, 6.07) is 8.15. The average molecular weight is 350 g/mol. The molecule has 0 heterocycles. The lowest BCUT2D eigenvalue weighted by Crippen LogP contribution is -2.15. The lowest BCUT2D eigenvalue weighted by atomic mass is 9.99. The molecule has 0 bridgehead atoms. The number of rotatable bonds is 5. The maximum absolute atomic E-state index is 12.6. The van der Waals surface area contributed by atoms with Crippen LogP contribution in [0.4, 0.5) is 11.4 Å². The van der Waals surface area contributed by atoms with Crippen LogP contribution in [0.3, 0.4) is 0 Å². The van der Waals surface area contributed by atoms with Crippen molar-refractivity contribution in [1.29, 1.82) is 0 Å². The molecule has 0 unspecified atom stereocenters. The molecule has 0 aliphatic rings. The Bertz CT molecular complexity index is 891. The summed E-state index contributed by atoms with van der Waals surface area (Å²) in [5, 5.41) is 21.0. The zero-order valence-corrected chi connectivity index (χ0v) is 14.3. The van der Waals surface area contributed by atoms with Gasteiger partial charge in [-0.1, -0.05) is 26.0 Å². The van der Waals surface area contributed by atoms with Crippen molar-refractivity contribution in [1.82, 2.24) is 0 Å². The molecule has 0 aromatic heterocycles. The van der Waals surface area contributed by atoms with E-state index in [1.54, 1.807) is 13.0 Å². The van der Waals surface area contributed by atoms with Crippen LogP contribution in [0.1, 0.15) is 30.9 Å². The first kappa shape index (κ1) is 17.7. The van der Waals surface area contributed by atoms with E-state index in [-0.39, 0.29) is 17.4 Å². The van der Waals surface area contributed by atoms with Gasteiger partial charge >= 0.3 is 0 Å². The van der Waals surface area contributed by atoms with Crippen LogP contribution in [-0.4, -0.2) is 18.4 Å². The van der Waals surface area contributed by atoms with Gasteiger partial charge in [0.25, 0.3) is 15.7 Å². The summed E-state index contributed by atoms with van der Waals surface area (Å²) < 4.78 is 27.5. The molecule has 0 aliphatic carbocycles. The second kappa shape index (κ2) is 6.48. The summed E-state index contributed by atoms with van der Waals surface area (Å²) in [5.74, 6) is 0.0658. The van der Waals surface area contributed by atoms with E-state index >= 15 is 0 Å². The first-order valence-corrected chi connectivity index (χ1v) is 8.71. The zero-order valence-electron chi connectivity index (χ0n) is 13.5. The highest BCUT2D eigenvalue weighted by molar-refractivity contribution is 7.92. The fraction of sp³-hybridized carbons (Fsp3) is 0.250. The fourth-order valence-corrected chi connectivity index (χ4v) is 3.61. The van der Waals surface area contributed by atoms with Gasteiger partial charge < -0.3 is 5.11 Å². The molecule has 128 valence electrons. The second-order valence-corrected chi connectivity index (χ2v) is 7.36. The Balaban J connectivity index is 2.51. The number of hydrogen-bond donors (Lipinski definition) is 2. The largest absolute Gasteiger partial charge is 0.508 e. The number of nitrogens with zero attached hydrogens (tertiary/aromatic N) is 1. The molecule has 2 aromatic rings. The minimum atomic E-state index is -4.14. The van der Waals surface area contributed by atoms with E-state index in [0.29, 0.717) is 11.1 Å². The molecule has 0 atom stereocenters. The maximum Gasteiger partial charge on any atom is 0.289 e. The Labute approximate surface area is 140 Å². The predicted molar refractivity (Wildman–Crippen MR) is 90.8 cm³/mol. The number of anilines is 1. The lowest BCUT2D eigenvalue weighted by Gasteiger charge is -2.15. The maximum atomic E-state index is 12.6. The summed E-state index contributed by atoms with van der Waals surface area (Å²) in [6.07, 6.45) is 0. The number of nitro benzene ring substituents is 1. The van der Waals surface area contributed by atoms with Gasteiger partial charge in [0, 0.05) is 6.07 Å². The summed E-state index contributed by atoms with van der Waals surface area (Å²) in [5.41, 5.74) is 0.875. The van der Waals surface area contributed by atoms with E-state index in [4.69, 9.17) is 0 Å². The third-order valence-corrected chi connectivity index (χ3v) is 5.00. The highest BCUT2D eigenvalue weighted by Gasteiger charge is 2.26. The molecule has 0 aliphatic heterocycles. The molecule has 24 heavy (non-hydrogen) atoms. The van der Waals surface area contributed by atoms with E-state index in [2.05, 4.69) is 4.72 Å². The van der Waals surface area contributed by atoms with Gasteiger partial charge in [-0.2, -0.15) is 0 Å².